The molecule has 0 bridgehead atoms. The van der Waals surface area contributed by atoms with Gasteiger partial charge in [-0.1, -0.05) is 12.8 Å². The van der Waals surface area contributed by atoms with E-state index in [0.717, 1.165) is 32.0 Å². The molecule has 0 amide bonds. The lowest BCUT2D eigenvalue weighted by molar-refractivity contribution is 0.0755. The molecule has 1 aliphatic carbocycles. The summed E-state index contributed by atoms with van der Waals surface area (Å²) in [6, 6.07) is 1.34. The van der Waals surface area contributed by atoms with E-state index in [-0.39, 0.29) is 0 Å². The summed E-state index contributed by atoms with van der Waals surface area (Å²) in [6.07, 6.45) is 7.78. The lowest BCUT2D eigenvalue weighted by atomic mass is 10.1. The molecule has 3 heteroatoms. The fourth-order valence-corrected chi connectivity index (χ4v) is 2.56. The molecule has 0 heterocycles. The minimum atomic E-state index is 0.557. The first kappa shape index (κ1) is 12.9. The molecule has 1 fully saturated rings. The van der Waals surface area contributed by atoms with Gasteiger partial charge in [0.2, 0.25) is 0 Å². The van der Waals surface area contributed by atoms with Crippen LogP contribution >= 0.6 is 0 Å². The highest BCUT2D eigenvalue weighted by atomic mass is 16.5. The number of likely N-dealkylation sites (N-methyl/N-ethyl adjacent to an activating group) is 1. The first-order chi connectivity index (χ1) is 7.29. The van der Waals surface area contributed by atoms with E-state index in [4.69, 9.17) is 10.5 Å². The molecule has 15 heavy (non-hydrogen) atoms. The van der Waals surface area contributed by atoms with E-state index < -0.39 is 0 Å². The third-order valence-electron chi connectivity index (χ3n) is 3.58. The Morgan fingerprint density at radius 3 is 2.60 bits per heavy atom. The van der Waals surface area contributed by atoms with Crippen molar-refractivity contribution in [1.29, 1.82) is 0 Å². The van der Waals surface area contributed by atoms with Crippen molar-refractivity contribution < 1.29 is 4.74 Å². The summed E-state index contributed by atoms with van der Waals surface area (Å²) in [5, 5.41) is 0. The van der Waals surface area contributed by atoms with Gasteiger partial charge in [-0.2, -0.15) is 0 Å². The predicted octanol–water partition coefficient (Wildman–Crippen LogP) is 1.61. The Bertz CT molecular complexity index is 158. The summed E-state index contributed by atoms with van der Waals surface area (Å²) < 4.78 is 5.30. The highest BCUT2D eigenvalue weighted by molar-refractivity contribution is 4.80. The number of methoxy groups -OCH3 is 1. The molecule has 2 N–H and O–H groups in total. The van der Waals surface area contributed by atoms with Gasteiger partial charge in [-0.25, -0.2) is 0 Å². The second-order valence-corrected chi connectivity index (χ2v) is 4.64. The molecule has 0 aliphatic heterocycles. The smallest absolute Gasteiger partial charge is 0.0618 e. The molecular formula is C12H26N2O. The van der Waals surface area contributed by atoms with Crippen molar-refractivity contribution in [1.82, 2.24) is 4.90 Å². The third-order valence-corrected chi connectivity index (χ3v) is 3.58. The molecule has 0 aromatic heterocycles. The fraction of sp³-hybridized carbons (Fsp3) is 1.00. The Morgan fingerprint density at radius 2 is 2.07 bits per heavy atom. The van der Waals surface area contributed by atoms with Crippen LogP contribution in [0.25, 0.3) is 0 Å². The minimum absolute atomic E-state index is 0.557. The number of hydrogen-bond acceptors (Lipinski definition) is 3. The molecule has 1 unspecified atom stereocenters. The van der Waals surface area contributed by atoms with Gasteiger partial charge in [-0.15, -0.1) is 0 Å². The lowest BCUT2D eigenvalue weighted by Gasteiger charge is -2.32. The Labute approximate surface area is 94.0 Å². The van der Waals surface area contributed by atoms with E-state index in [1.807, 2.05) is 0 Å². The first-order valence-corrected chi connectivity index (χ1v) is 6.20. The van der Waals surface area contributed by atoms with Crippen LogP contribution in [0.5, 0.6) is 0 Å². The maximum absolute atomic E-state index is 5.57. The highest BCUT2D eigenvalue weighted by Crippen LogP contribution is 2.24. The first-order valence-electron chi connectivity index (χ1n) is 6.20. The average Bonchev–Trinajstić information content (AvgIpc) is 2.76. The number of nitrogens with zero attached hydrogens (tertiary/aromatic N) is 1. The Kier molecular flexibility index (Phi) is 6.22. The second kappa shape index (κ2) is 7.20. The molecule has 1 aliphatic rings. The molecular weight excluding hydrogens is 188 g/mol. The van der Waals surface area contributed by atoms with Crippen LogP contribution in [0.2, 0.25) is 0 Å². The zero-order chi connectivity index (χ0) is 11.1. The zero-order valence-electron chi connectivity index (χ0n) is 10.2. The van der Waals surface area contributed by atoms with Gasteiger partial charge >= 0.3 is 0 Å². The molecule has 0 aromatic carbocycles. The Morgan fingerprint density at radius 1 is 1.40 bits per heavy atom. The molecule has 0 radical (unpaired) electrons. The molecule has 0 spiro atoms. The van der Waals surface area contributed by atoms with Crippen molar-refractivity contribution in [3.05, 3.63) is 0 Å². The average molecular weight is 214 g/mol. The summed E-state index contributed by atoms with van der Waals surface area (Å²) >= 11 is 0. The van der Waals surface area contributed by atoms with Crippen LogP contribution in [-0.4, -0.2) is 44.3 Å². The van der Waals surface area contributed by atoms with Gasteiger partial charge in [0, 0.05) is 19.2 Å². The fourth-order valence-electron chi connectivity index (χ4n) is 2.56. The van der Waals surface area contributed by atoms with Crippen molar-refractivity contribution in [2.45, 2.75) is 50.6 Å². The Hall–Kier alpha value is -0.120. The topological polar surface area (TPSA) is 38.5 Å². The van der Waals surface area contributed by atoms with Crippen LogP contribution in [0.15, 0.2) is 0 Å². The van der Waals surface area contributed by atoms with Crippen molar-refractivity contribution in [3.63, 3.8) is 0 Å². The largest absolute Gasteiger partial charge is 0.383 e. The van der Waals surface area contributed by atoms with Gasteiger partial charge in [-0.3, -0.25) is 4.90 Å². The SMILES string of the molecule is COCC(CCCN)N(C)C1CCCC1. The van der Waals surface area contributed by atoms with Gasteiger partial charge in [-0.05, 0) is 39.3 Å². The Balaban J connectivity index is 2.37. The molecule has 0 saturated heterocycles. The molecule has 1 saturated carbocycles. The van der Waals surface area contributed by atoms with Gasteiger partial charge in [0.1, 0.15) is 0 Å². The van der Waals surface area contributed by atoms with Crippen LogP contribution in [0.4, 0.5) is 0 Å². The molecule has 0 aromatic rings. The molecule has 90 valence electrons. The van der Waals surface area contributed by atoms with Crippen LogP contribution < -0.4 is 5.73 Å². The maximum atomic E-state index is 5.57. The summed E-state index contributed by atoms with van der Waals surface area (Å²) in [7, 11) is 4.04. The van der Waals surface area contributed by atoms with Crippen LogP contribution in [0.1, 0.15) is 38.5 Å². The van der Waals surface area contributed by atoms with Crippen molar-refractivity contribution in [3.8, 4) is 0 Å². The predicted molar refractivity (Wildman–Crippen MR) is 64.0 cm³/mol. The van der Waals surface area contributed by atoms with Gasteiger partial charge in [0.15, 0.2) is 0 Å². The molecule has 3 nitrogen and oxygen atoms in total. The van der Waals surface area contributed by atoms with Crippen molar-refractivity contribution in [2.75, 3.05) is 27.3 Å². The second-order valence-electron chi connectivity index (χ2n) is 4.64. The van der Waals surface area contributed by atoms with Crippen LogP contribution in [-0.2, 0) is 4.74 Å². The van der Waals surface area contributed by atoms with Gasteiger partial charge in [0.05, 0.1) is 6.61 Å². The normalized spacial score (nSPS) is 20.0. The third kappa shape index (κ3) is 4.09. The van der Waals surface area contributed by atoms with Gasteiger partial charge < -0.3 is 10.5 Å². The van der Waals surface area contributed by atoms with Crippen LogP contribution in [0, 0.1) is 0 Å². The zero-order valence-corrected chi connectivity index (χ0v) is 10.2. The summed E-state index contributed by atoms with van der Waals surface area (Å²) in [5.41, 5.74) is 5.57. The summed E-state index contributed by atoms with van der Waals surface area (Å²) in [5.74, 6) is 0. The standard InChI is InChI=1S/C12H26N2O/c1-14(11-6-3-4-7-11)12(10-15-2)8-5-9-13/h11-12H,3-10,13H2,1-2H3. The van der Waals surface area contributed by atoms with E-state index in [1.165, 1.54) is 25.7 Å². The molecule has 1 rings (SSSR count). The minimum Gasteiger partial charge on any atom is -0.383 e. The van der Waals surface area contributed by atoms with E-state index in [9.17, 15) is 0 Å². The van der Waals surface area contributed by atoms with E-state index in [1.54, 1.807) is 7.11 Å². The molecule has 1 atom stereocenters. The maximum Gasteiger partial charge on any atom is 0.0618 e. The monoisotopic (exact) mass is 214 g/mol. The van der Waals surface area contributed by atoms with Crippen LogP contribution in [0.3, 0.4) is 0 Å². The number of rotatable bonds is 7. The van der Waals surface area contributed by atoms with Crippen molar-refractivity contribution >= 4 is 0 Å². The van der Waals surface area contributed by atoms with Gasteiger partial charge in [0.25, 0.3) is 0 Å². The quantitative estimate of drug-likeness (QED) is 0.700. The highest BCUT2D eigenvalue weighted by Gasteiger charge is 2.25. The van der Waals surface area contributed by atoms with Crippen molar-refractivity contribution in [2.24, 2.45) is 5.73 Å². The lowest BCUT2D eigenvalue weighted by Crippen LogP contribution is -2.41. The van der Waals surface area contributed by atoms with E-state index in [0.29, 0.717) is 6.04 Å². The summed E-state index contributed by atoms with van der Waals surface area (Å²) in [6.45, 7) is 1.63. The number of ether oxygens (including phenoxy) is 1. The summed E-state index contributed by atoms with van der Waals surface area (Å²) in [4.78, 5) is 2.52. The van der Waals surface area contributed by atoms with E-state index in [2.05, 4.69) is 11.9 Å². The number of hydrogen-bond donors (Lipinski definition) is 1. The number of nitrogens with two attached hydrogens (primary N) is 1. The van der Waals surface area contributed by atoms with E-state index >= 15 is 0 Å².